The van der Waals surface area contributed by atoms with E-state index in [4.69, 9.17) is 0 Å². The van der Waals surface area contributed by atoms with E-state index in [0.29, 0.717) is 11.1 Å². The molecule has 1 heterocycles. The predicted molar refractivity (Wildman–Crippen MR) is 71.8 cm³/mol. The van der Waals surface area contributed by atoms with Crippen LogP contribution in [0.5, 0.6) is 0 Å². The summed E-state index contributed by atoms with van der Waals surface area (Å²) in [6.07, 6.45) is 3.49. The zero-order valence-corrected chi connectivity index (χ0v) is 11.4. The third kappa shape index (κ3) is 2.89. The summed E-state index contributed by atoms with van der Waals surface area (Å²) in [5.74, 6) is 0.815. The van der Waals surface area contributed by atoms with Crippen LogP contribution in [0.2, 0.25) is 0 Å². The van der Waals surface area contributed by atoms with E-state index in [-0.39, 0.29) is 24.1 Å². The van der Waals surface area contributed by atoms with Crippen LogP contribution >= 0.6 is 0 Å². The van der Waals surface area contributed by atoms with Gasteiger partial charge < -0.3 is 4.57 Å². The first-order chi connectivity index (χ1) is 8.99. The lowest BCUT2D eigenvalue weighted by molar-refractivity contribution is 0.0970. The van der Waals surface area contributed by atoms with E-state index in [0.717, 1.165) is 5.82 Å². The lowest BCUT2D eigenvalue weighted by Gasteiger charge is -2.10. The molecule has 0 aliphatic heterocycles. The zero-order valence-electron chi connectivity index (χ0n) is 11.4. The second kappa shape index (κ2) is 5.34. The van der Waals surface area contributed by atoms with Gasteiger partial charge >= 0.3 is 0 Å². The molecule has 3 nitrogen and oxygen atoms in total. The summed E-state index contributed by atoms with van der Waals surface area (Å²) < 4.78 is 15.0. The van der Waals surface area contributed by atoms with Crippen molar-refractivity contribution >= 4 is 5.78 Å². The number of nitrogens with zero attached hydrogens (tertiary/aromatic N) is 2. The first-order valence-corrected chi connectivity index (χ1v) is 6.29. The maximum Gasteiger partial charge on any atom is 0.182 e. The van der Waals surface area contributed by atoms with Gasteiger partial charge in [-0.2, -0.15) is 0 Å². The number of Topliss-reactive ketones (excluding diaryl/α,β-unsaturated/α-hetero) is 1. The fourth-order valence-corrected chi connectivity index (χ4v) is 2.02. The highest BCUT2D eigenvalue weighted by Gasteiger charge is 2.12. The van der Waals surface area contributed by atoms with Crippen LogP contribution in [-0.4, -0.2) is 15.3 Å². The van der Waals surface area contributed by atoms with Gasteiger partial charge in [0.25, 0.3) is 0 Å². The maximum atomic E-state index is 13.2. The van der Waals surface area contributed by atoms with Gasteiger partial charge in [-0.1, -0.05) is 13.8 Å². The molecule has 0 spiro atoms. The number of carbonyl (C=O) groups excluding carboxylic acids is 1. The van der Waals surface area contributed by atoms with Gasteiger partial charge in [0.05, 0.1) is 6.54 Å². The van der Waals surface area contributed by atoms with Gasteiger partial charge in [-0.05, 0) is 30.7 Å². The Labute approximate surface area is 112 Å². The van der Waals surface area contributed by atoms with Crippen molar-refractivity contribution < 1.29 is 9.18 Å². The average Bonchev–Trinajstić information content (AvgIpc) is 2.80. The molecule has 2 aromatic rings. The third-order valence-electron chi connectivity index (χ3n) is 3.06. The normalized spacial score (nSPS) is 11.0. The molecular weight excluding hydrogens is 243 g/mol. The van der Waals surface area contributed by atoms with E-state index < -0.39 is 0 Å². The Hall–Kier alpha value is -1.97. The highest BCUT2D eigenvalue weighted by Crippen LogP contribution is 2.14. The first kappa shape index (κ1) is 13.5. The zero-order chi connectivity index (χ0) is 14.0. The fraction of sp³-hybridized carbons (Fsp3) is 0.333. The molecule has 0 aliphatic carbocycles. The number of carbonyl (C=O) groups is 1. The van der Waals surface area contributed by atoms with E-state index in [2.05, 4.69) is 4.98 Å². The van der Waals surface area contributed by atoms with E-state index in [1.54, 1.807) is 25.4 Å². The molecule has 4 heteroatoms. The number of ketones is 1. The summed E-state index contributed by atoms with van der Waals surface area (Å²) in [5.41, 5.74) is 1.02. The molecule has 1 aromatic heterocycles. The lowest BCUT2D eigenvalue weighted by Crippen LogP contribution is -2.13. The summed E-state index contributed by atoms with van der Waals surface area (Å²) in [6, 6.07) is 4.44. The highest BCUT2D eigenvalue weighted by molar-refractivity contribution is 5.96. The summed E-state index contributed by atoms with van der Waals surface area (Å²) in [4.78, 5) is 16.4. The van der Waals surface area contributed by atoms with Crippen molar-refractivity contribution in [3.05, 3.63) is 53.4 Å². The van der Waals surface area contributed by atoms with Crippen LogP contribution in [0.25, 0.3) is 0 Å². The number of rotatable bonds is 4. The molecule has 2 rings (SSSR count). The Morgan fingerprint density at radius 3 is 2.79 bits per heavy atom. The number of imidazole rings is 1. The van der Waals surface area contributed by atoms with Gasteiger partial charge in [-0.15, -0.1) is 0 Å². The Morgan fingerprint density at radius 2 is 2.16 bits per heavy atom. The van der Waals surface area contributed by atoms with Crippen LogP contribution in [0.3, 0.4) is 0 Å². The quantitative estimate of drug-likeness (QED) is 0.790. The van der Waals surface area contributed by atoms with Crippen molar-refractivity contribution in [1.82, 2.24) is 9.55 Å². The van der Waals surface area contributed by atoms with Crippen molar-refractivity contribution in [3.8, 4) is 0 Å². The van der Waals surface area contributed by atoms with Crippen molar-refractivity contribution in [3.63, 3.8) is 0 Å². The molecule has 0 saturated carbocycles. The number of aromatic nitrogens is 2. The van der Waals surface area contributed by atoms with Crippen molar-refractivity contribution in [2.24, 2.45) is 0 Å². The van der Waals surface area contributed by atoms with Gasteiger partial charge in [0.1, 0.15) is 11.6 Å². The van der Waals surface area contributed by atoms with E-state index in [9.17, 15) is 9.18 Å². The second-order valence-electron chi connectivity index (χ2n) is 4.96. The highest BCUT2D eigenvalue weighted by atomic mass is 19.1. The molecule has 0 unspecified atom stereocenters. The monoisotopic (exact) mass is 260 g/mol. The van der Waals surface area contributed by atoms with Crippen LogP contribution < -0.4 is 0 Å². The smallest absolute Gasteiger partial charge is 0.182 e. The molecule has 0 saturated heterocycles. The summed E-state index contributed by atoms with van der Waals surface area (Å²) in [5, 5.41) is 0. The van der Waals surface area contributed by atoms with Gasteiger partial charge in [0.2, 0.25) is 0 Å². The van der Waals surface area contributed by atoms with Crippen molar-refractivity contribution in [2.75, 3.05) is 0 Å². The number of aryl methyl sites for hydroxylation is 1. The van der Waals surface area contributed by atoms with Gasteiger partial charge in [-0.25, -0.2) is 9.37 Å². The van der Waals surface area contributed by atoms with Gasteiger partial charge in [0, 0.05) is 23.9 Å². The molecule has 0 radical (unpaired) electrons. The minimum Gasteiger partial charge on any atom is -0.327 e. The Morgan fingerprint density at radius 1 is 1.42 bits per heavy atom. The average molecular weight is 260 g/mol. The number of hydrogen-bond donors (Lipinski definition) is 0. The fourth-order valence-electron chi connectivity index (χ4n) is 2.02. The van der Waals surface area contributed by atoms with Gasteiger partial charge in [-0.3, -0.25) is 4.79 Å². The lowest BCUT2D eigenvalue weighted by atomic mass is 10.1. The van der Waals surface area contributed by atoms with Crippen molar-refractivity contribution in [1.29, 1.82) is 0 Å². The standard InChI is InChI=1S/C15H17FN2O/c1-10(2)15-17-6-7-18(15)9-14(19)12-4-5-13(16)11(3)8-12/h4-8,10H,9H2,1-3H3. The molecule has 0 bridgehead atoms. The number of halogens is 1. The van der Waals surface area contributed by atoms with Gasteiger partial charge in [0.15, 0.2) is 5.78 Å². The van der Waals surface area contributed by atoms with Crippen LogP contribution in [0.4, 0.5) is 4.39 Å². The maximum absolute atomic E-state index is 13.2. The van der Waals surface area contributed by atoms with Crippen LogP contribution in [-0.2, 0) is 6.54 Å². The Balaban J connectivity index is 2.21. The topological polar surface area (TPSA) is 34.9 Å². The molecule has 0 amide bonds. The number of benzene rings is 1. The molecule has 1 aromatic carbocycles. The number of hydrogen-bond acceptors (Lipinski definition) is 2. The molecule has 0 atom stereocenters. The van der Waals surface area contributed by atoms with Crippen LogP contribution in [0.15, 0.2) is 30.6 Å². The SMILES string of the molecule is Cc1cc(C(=O)Cn2ccnc2C(C)C)ccc1F. The predicted octanol–water partition coefficient (Wildman–Crippen LogP) is 3.34. The molecule has 0 aliphatic rings. The third-order valence-corrected chi connectivity index (χ3v) is 3.06. The van der Waals surface area contributed by atoms with E-state index >= 15 is 0 Å². The first-order valence-electron chi connectivity index (χ1n) is 6.29. The van der Waals surface area contributed by atoms with Crippen LogP contribution in [0.1, 0.15) is 41.5 Å². The molecule has 19 heavy (non-hydrogen) atoms. The summed E-state index contributed by atoms with van der Waals surface area (Å²) >= 11 is 0. The summed E-state index contributed by atoms with van der Waals surface area (Å²) in [7, 11) is 0. The second-order valence-corrected chi connectivity index (χ2v) is 4.96. The summed E-state index contributed by atoms with van der Waals surface area (Å²) in [6.45, 7) is 5.96. The largest absolute Gasteiger partial charge is 0.327 e. The van der Waals surface area contributed by atoms with E-state index in [1.807, 2.05) is 18.4 Å². The molecule has 0 fully saturated rings. The van der Waals surface area contributed by atoms with E-state index in [1.165, 1.54) is 12.1 Å². The Kier molecular flexibility index (Phi) is 3.79. The minimum absolute atomic E-state index is 0.0389. The molecule has 100 valence electrons. The van der Waals surface area contributed by atoms with Crippen LogP contribution in [0, 0.1) is 12.7 Å². The molecular formula is C15H17FN2O. The van der Waals surface area contributed by atoms with Crippen molar-refractivity contribution in [2.45, 2.75) is 33.2 Å². The minimum atomic E-state index is -0.290. The molecule has 0 N–H and O–H groups in total. The Bertz CT molecular complexity index is 602.